The van der Waals surface area contributed by atoms with E-state index in [-0.39, 0.29) is 5.41 Å². The van der Waals surface area contributed by atoms with Gasteiger partial charge in [0.05, 0.1) is 0 Å². The van der Waals surface area contributed by atoms with Crippen LogP contribution >= 0.6 is 23.2 Å². The van der Waals surface area contributed by atoms with Crippen molar-refractivity contribution in [2.75, 3.05) is 0 Å². The predicted octanol–water partition coefficient (Wildman–Crippen LogP) is 10.2. The molecule has 0 saturated carbocycles. The highest BCUT2D eigenvalue weighted by Gasteiger charge is 2.36. The van der Waals surface area contributed by atoms with Gasteiger partial charge in [0.2, 0.25) is 0 Å². The van der Waals surface area contributed by atoms with E-state index in [9.17, 15) is 0 Å². The summed E-state index contributed by atoms with van der Waals surface area (Å²) in [6.07, 6.45) is 0. The van der Waals surface area contributed by atoms with Gasteiger partial charge in [0, 0.05) is 15.5 Å². The average Bonchev–Trinajstić information content (AvgIpc) is 3.03. The topological polar surface area (TPSA) is 0 Å². The third-order valence-electron chi connectivity index (χ3n) is 5.73. The molecule has 0 heterocycles. The average molecular weight is 449 g/mol. The van der Waals surface area contributed by atoms with E-state index in [1.54, 1.807) is 6.07 Å². The van der Waals surface area contributed by atoms with Crippen LogP contribution in [0.25, 0.3) is 33.0 Å². The van der Waals surface area contributed by atoms with Gasteiger partial charge in [0.25, 0.3) is 0 Å². The number of hydrogen-bond donors (Lipinski definition) is 0. The van der Waals surface area contributed by atoms with E-state index >= 15 is 0 Å². The van der Waals surface area contributed by atoms with Crippen LogP contribution in [0.3, 0.4) is 0 Å². The second-order valence-corrected chi connectivity index (χ2v) is 8.63. The highest BCUT2D eigenvalue weighted by Crippen LogP contribution is 2.52. The summed E-state index contributed by atoms with van der Waals surface area (Å²) in [4.78, 5) is 0. The smallest absolute Gasteiger partial charge is 0.0426 e. The molecule has 0 bridgehead atoms. The van der Waals surface area contributed by atoms with Crippen molar-refractivity contribution >= 4 is 34.0 Å². The van der Waals surface area contributed by atoms with Crippen LogP contribution in [0, 0.1) is 0 Å². The Kier molecular flexibility index (Phi) is 7.14. The van der Waals surface area contributed by atoms with Gasteiger partial charge >= 0.3 is 0 Å². The number of benzene rings is 4. The van der Waals surface area contributed by atoms with Crippen LogP contribution in [0.2, 0.25) is 10.0 Å². The molecule has 0 nitrogen and oxygen atoms in total. The van der Waals surface area contributed by atoms with E-state index in [4.69, 9.17) is 23.2 Å². The molecular formula is C29H30Cl2. The summed E-state index contributed by atoms with van der Waals surface area (Å²) in [5.74, 6) is 0. The summed E-state index contributed by atoms with van der Waals surface area (Å²) < 4.78 is 0. The minimum Gasteiger partial charge on any atom is -0.0843 e. The Morgan fingerprint density at radius 3 is 1.90 bits per heavy atom. The summed E-state index contributed by atoms with van der Waals surface area (Å²) in [6.45, 7) is 12.6. The first-order chi connectivity index (χ1) is 14.9. The van der Waals surface area contributed by atoms with Gasteiger partial charge in [-0.2, -0.15) is 0 Å². The Bertz CT molecular complexity index is 1200. The molecule has 0 aliphatic heterocycles. The molecule has 0 fully saturated rings. The van der Waals surface area contributed by atoms with Gasteiger partial charge in [-0.15, -0.1) is 0 Å². The minimum atomic E-state index is -0.0656. The van der Waals surface area contributed by atoms with Gasteiger partial charge in [0.15, 0.2) is 0 Å². The lowest BCUT2D eigenvalue weighted by atomic mass is 9.79. The molecule has 0 amide bonds. The lowest BCUT2D eigenvalue weighted by molar-refractivity contribution is 0.666. The number of rotatable bonds is 1. The monoisotopic (exact) mass is 448 g/mol. The Balaban J connectivity index is 0.000000645. The van der Waals surface area contributed by atoms with Crippen LogP contribution in [0.5, 0.6) is 0 Å². The van der Waals surface area contributed by atoms with Crippen molar-refractivity contribution in [1.29, 1.82) is 0 Å². The Labute approximate surface area is 196 Å². The largest absolute Gasteiger partial charge is 0.0843 e. The standard InChI is InChI=1S/C25H18Cl2.2C2H6/c1-25(2)23-13-16(17-11-18(26)14-19(27)12-17)8-9-21(23)22-10-7-15-5-3-4-6-20(15)24(22)25;2*1-2/h3-14H,1-2H3;2*1-2H3. The first-order valence-electron chi connectivity index (χ1n) is 11.1. The van der Waals surface area contributed by atoms with Crippen LogP contribution < -0.4 is 0 Å². The third-order valence-corrected chi connectivity index (χ3v) is 6.17. The van der Waals surface area contributed by atoms with Gasteiger partial charge in [-0.3, -0.25) is 0 Å². The zero-order valence-electron chi connectivity index (χ0n) is 19.2. The van der Waals surface area contributed by atoms with Crippen LogP contribution in [0.1, 0.15) is 52.7 Å². The molecular weight excluding hydrogens is 419 g/mol. The second kappa shape index (κ2) is 9.47. The minimum absolute atomic E-state index is 0.0656. The highest BCUT2D eigenvalue weighted by molar-refractivity contribution is 6.35. The summed E-state index contributed by atoms with van der Waals surface area (Å²) in [7, 11) is 0. The molecule has 0 unspecified atom stereocenters. The molecule has 160 valence electrons. The van der Waals surface area contributed by atoms with E-state index in [2.05, 4.69) is 68.4 Å². The summed E-state index contributed by atoms with van der Waals surface area (Å²) >= 11 is 12.5. The first-order valence-corrected chi connectivity index (χ1v) is 11.8. The quantitative estimate of drug-likeness (QED) is 0.271. The summed E-state index contributed by atoms with van der Waals surface area (Å²) in [5.41, 5.74) is 7.54. The summed E-state index contributed by atoms with van der Waals surface area (Å²) in [6, 6.07) is 25.6. The van der Waals surface area contributed by atoms with Crippen LogP contribution in [0.15, 0.2) is 72.8 Å². The summed E-state index contributed by atoms with van der Waals surface area (Å²) in [5, 5.41) is 3.95. The number of hydrogen-bond acceptors (Lipinski definition) is 0. The van der Waals surface area contributed by atoms with Crippen molar-refractivity contribution in [3.05, 3.63) is 94.0 Å². The van der Waals surface area contributed by atoms with Crippen LogP contribution in [-0.4, -0.2) is 0 Å². The van der Waals surface area contributed by atoms with Gasteiger partial charge in [-0.05, 0) is 68.4 Å². The van der Waals surface area contributed by atoms with Gasteiger partial charge in [0.1, 0.15) is 0 Å². The van der Waals surface area contributed by atoms with Gasteiger partial charge in [-0.1, -0.05) is 113 Å². The molecule has 0 saturated heterocycles. The fraction of sp³-hybridized carbons (Fsp3) is 0.241. The fourth-order valence-corrected chi connectivity index (χ4v) is 5.03. The van der Waals surface area contributed by atoms with Crippen molar-refractivity contribution in [3.63, 3.8) is 0 Å². The van der Waals surface area contributed by atoms with E-state index in [0.717, 1.165) is 11.1 Å². The maximum atomic E-state index is 6.23. The van der Waals surface area contributed by atoms with E-state index in [0.29, 0.717) is 10.0 Å². The molecule has 5 rings (SSSR count). The molecule has 0 spiro atoms. The Morgan fingerprint density at radius 1 is 0.613 bits per heavy atom. The molecule has 1 aliphatic carbocycles. The second-order valence-electron chi connectivity index (χ2n) is 7.75. The van der Waals surface area contributed by atoms with Crippen molar-refractivity contribution in [1.82, 2.24) is 0 Å². The molecule has 0 N–H and O–H groups in total. The molecule has 2 heteroatoms. The van der Waals surface area contributed by atoms with E-state index < -0.39 is 0 Å². The zero-order valence-corrected chi connectivity index (χ0v) is 20.7. The van der Waals surface area contributed by atoms with Crippen molar-refractivity contribution in [2.24, 2.45) is 0 Å². The third kappa shape index (κ3) is 4.12. The first kappa shape index (κ1) is 23.4. The molecule has 31 heavy (non-hydrogen) atoms. The Morgan fingerprint density at radius 2 is 1.23 bits per heavy atom. The molecule has 1 aliphatic rings. The molecule has 0 aromatic heterocycles. The SMILES string of the molecule is CC.CC.CC1(C)c2cc(-c3cc(Cl)cc(Cl)c3)ccc2-c2ccc3ccccc3c21. The molecule has 4 aromatic carbocycles. The van der Waals surface area contributed by atoms with E-state index in [1.165, 1.54) is 33.0 Å². The number of halogens is 2. The van der Waals surface area contributed by atoms with Crippen molar-refractivity contribution in [3.8, 4) is 22.3 Å². The molecule has 0 atom stereocenters. The zero-order chi connectivity index (χ0) is 22.8. The maximum Gasteiger partial charge on any atom is 0.0426 e. The van der Waals surface area contributed by atoms with Gasteiger partial charge < -0.3 is 0 Å². The van der Waals surface area contributed by atoms with Crippen molar-refractivity contribution < 1.29 is 0 Å². The lowest BCUT2D eigenvalue weighted by Gasteiger charge is -2.23. The van der Waals surface area contributed by atoms with E-state index in [1.807, 2.05) is 39.8 Å². The molecule has 4 aromatic rings. The highest BCUT2D eigenvalue weighted by atomic mass is 35.5. The number of fused-ring (bicyclic) bond motifs is 5. The van der Waals surface area contributed by atoms with Gasteiger partial charge in [-0.25, -0.2) is 0 Å². The predicted molar refractivity (Wildman–Crippen MR) is 140 cm³/mol. The van der Waals surface area contributed by atoms with Crippen molar-refractivity contribution in [2.45, 2.75) is 47.0 Å². The van der Waals surface area contributed by atoms with Crippen LogP contribution in [-0.2, 0) is 5.41 Å². The molecule has 0 radical (unpaired) electrons. The van der Waals surface area contributed by atoms with Crippen LogP contribution in [0.4, 0.5) is 0 Å². The lowest BCUT2D eigenvalue weighted by Crippen LogP contribution is -2.15. The fourth-order valence-electron chi connectivity index (χ4n) is 4.50. The maximum absolute atomic E-state index is 6.23. The normalized spacial score (nSPS) is 12.8. The Hall–Kier alpha value is -2.28.